The van der Waals surface area contributed by atoms with Crippen LogP contribution in [0.1, 0.15) is 37.0 Å². The van der Waals surface area contributed by atoms with Gasteiger partial charge in [0.2, 0.25) is 5.89 Å². The number of nitrogens with zero attached hydrogens (tertiary/aromatic N) is 3. The molecule has 0 radical (unpaired) electrons. The Hall–Kier alpha value is -1.62. The van der Waals surface area contributed by atoms with Crippen molar-refractivity contribution in [3.05, 3.63) is 35.7 Å². The largest absolute Gasteiger partial charge is 0.346 e. The summed E-state index contributed by atoms with van der Waals surface area (Å²) in [6.45, 7) is 3.63. The summed E-state index contributed by atoms with van der Waals surface area (Å²) in [5.74, 6) is 1.44. The molecule has 1 saturated carbocycles. The van der Waals surface area contributed by atoms with Gasteiger partial charge in [-0.15, -0.1) is 0 Å². The Bertz CT molecular complexity index is 513. The number of rotatable bonds is 6. The van der Waals surface area contributed by atoms with Crippen LogP contribution in [0.3, 0.4) is 0 Å². The molecule has 2 aromatic rings. The number of aromatic nitrogens is 3. The van der Waals surface area contributed by atoms with E-state index in [9.17, 15) is 0 Å². The van der Waals surface area contributed by atoms with Crippen molar-refractivity contribution in [3.8, 4) is 0 Å². The third-order valence-corrected chi connectivity index (χ3v) is 3.12. The Morgan fingerprint density at radius 3 is 3.11 bits per heavy atom. The van der Waals surface area contributed by atoms with E-state index in [1.807, 2.05) is 6.92 Å². The molecule has 0 spiro atoms. The van der Waals surface area contributed by atoms with Gasteiger partial charge in [-0.2, -0.15) is 4.98 Å². The zero-order valence-corrected chi connectivity index (χ0v) is 10.6. The summed E-state index contributed by atoms with van der Waals surface area (Å²) >= 11 is 0. The lowest BCUT2D eigenvalue weighted by molar-refractivity contribution is 0.375. The van der Waals surface area contributed by atoms with Gasteiger partial charge < -0.3 is 14.4 Å². The van der Waals surface area contributed by atoms with E-state index in [4.69, 9.17) is 4.52 Å². The Labute approximate surface area is 106 Å². The summed E-state index contributed by atoms with van der Waals surface area (Å²) in [4.78, 5) is 4.30. The SMILES string of the molecule is CCc1nc(Cn2ccc(CNC3CC3)c2)no1. The summed E-state index contributed by atoms with van der Waals surface area (Å²) in [6, 6.07) is 2.88. The van der Waals surface area contributed by atoms with Crippen LogP contribution in [0.15, 0.2) is 23.0 Å². The summed E-state index contributed by atoms with van der Waals surface area (Å²) in [6.07, 6.45) is 7.63. The fourth-order valence-electron chi connectivity index (χ4n) is 1.90. The van der Waals surface area contributed by atoms with Gasteiger partial charge in [-0.05, 0) is 24.5 Å². The highest BCUT2D eigenvalue weighted by molar-refractivity contribution is 5.11. The monoisotopic (exact) mass is 246 g/mol. The van der Waals surface area contributed by atoms with E-state index in [-0.39, 0.29) is 0 Å². The number of aryl methyl sites for hydroxylation is 1. The van der Waals surface area contributed by atoms with Crippen molar-refractivity contribution < 1.29 is 4.52 Å². The van der Waals surface area contributed by atoms with Crippen LogP contribution in [0.2, 0.25) is 0 Å². The molecule has 2 aromatic heterocycles. The lowest BCUT2D eigenvalue weighted by atomic mass is 10.3. The summed E-state index contributed by atoms with van der Waals surface area (Å²) in [5.41, 5.74) is 1.31. The topological polar surface area (TPSA) is 55.9 Å². The molecule has 0 bridgehead atoms. The van der Waals surface area contributed by atoms with Crippen molar-refractivity contribution in [1.29, 1.82) is 0 Å². The van der Waals surface area contributed by atoms with Crippen LogP contribution < -0.4 is 5.32 Å². The van der Waals surface area contributed by atoms with Crippen LogP contribution in [0.5, 0.6) is 0 Å². The van der Waals surface area contributed by atoms with Crippen molar-refractivity contribution in [2.75, 3.05) is 0 Å². The molecule has 3 rings (SSSR count). The third-order valence-electron chi connectivity index (χ3n) is 3.12. The molecule has 96 valence electrons. The molecule has 1 aliphatic rings. The average molecular weight is 246 g/mol. The van der Waals surface area contributed by atoms with Crippen LogP contribution in [-0.2, 0) is 19.5 Å². The molecular weight excluding hydrogens is 228 g/mol. The van der Waals surface area contributed by atoms with Crippen LogP contribution in [-0.4, -0.2) is 20.7 Å². The predicted molar refractivity (Wildman–Crippen MR) is 67.1 cm³/mol. The highest BCUT2D eigenvalue weighted by atomic mass is 16.5. The van der Waals surface area contributed by atoms with Gasteiger partial charge in [-0.1, -0.05) is 12.1 Å². The standard InChI is InChI=1S/C13H18N4O/c1-2-13-15-12(16-18-13)9-17-6-5-10(8-17)7-14-11-3-4-11/h5-6,8,11,14H,2-4,7,9H2,1H3. The quantitative estimate of drug-likeness (QED) is 0.843. The lowest BCUT2D eigenvalue weighted by Gasteiger charge is -1.99. The Morgan fingerprint density at radius 1 is 1.50 bits per heavy atom. The Kier molecular flexibility index (Phi) is 3.15. The molecule has 0 unspecified atom stereocenters. The Balaban J connectivity index is 1.58. The van der Waals surface area contributed by atoms with Gasteiger partial charge >= 0.3 is 0 Å². The van der Waals surface area contributed by atoms with Crippen LogP contribution in [0.25, 0.3) is 0 Å². The van der Waals surface area contributed by atoms with Crippen LogP contribution in [0, 0.1) is 0 Å². The van der Waals surface area contributed by atoms with Gasteiger partial charge in [0.25, 0.3) is 0 Å². The molecule has 0 amide bonds. The van der Waals surface area contributed by atoms with E-state index in [1.54, 1.807) is 0 Å². The first-order valence-electron chi connectivity index (χ1n) is 6.53. The molecule has 1 fully saturated rings. The lowest BCUT2D eigenvalue weighted by Crippen LogP contribution is -2.14. The normalized spacial score (nSPS) is 15.2. The minimum atomic E-state index is 0.674. The molecule has 18 heavy (non-hydrogen) atoms. The fraction of sp³-hybridized carbons (Fsp3) is 0.538. The van der Waals surface area contributed by atoms with Gasteiger partial charge in [-0.3, -0.25) is 0 Å². The van der Waals surface area contributed by atoms with E-state index in [2.05, 4.69) is 38.5 Å². The van der Waals surface area contributed by atoms with Gasteiger partial charge in [0.15, 0.2) is 5.82 Å². The smallest absolute Gasteiger partial charge is 0.226 e. The van der Waals surface area contributed by atoms with E-state index < -0.39 is 0 Å². The molecule has 5 nitrogen and oxygen atoms in total. The van der Waals surface area contributed by atoms with E-state index in [0.29, 0.717) is 12.4 Å². The highest BCUT2D eigenvalue weighted by Crippen LogP contribution is 2.19. The number of hydrogen-bond donors (Lipinski definition) is 1. The minimum Gasteiger partial charge on any atom is -0.346 e. The molecule has 1 aliphatic carbocycles. The highest BCUT2D eigenvalue weighted by Gasteiger charge is 2.20. The van der Waals surface area contributed by atoms with E-state index >= 15 is 0 Å². The zero-order chi connectivity index (χ0) is 12.4. The molecule has 0 aromatic carbocycles. The first-order valence-corrected chi connectivity index (χ1v) is 6.53. The van der Waals surface area contributed by atoms with Crippen LogP contribution in [0.4, 0.5) is 0 Å². The Morgan fingerprint density at radius 2 is 2.39 bits per heavy atom. The zero-order valence-electron chi connectivity index (χ0n) is 10.6. The summed E-state index contributed by atoms with van der Waals surface area (Å²) in [5, 5.41) is 7.45. The van der Waals surface area contributed by atoms with E-state index in [1.165, 1.54) is 18.4 Å². The van der Waals surface area contributed by atoms with Crippen molar-refractivity contribution in [3.63, 3.8) is 0 Å². The maximum Gasteiger partial charge on any atom is 0.226 e. The number of nitrogens with one attached hydrogen (secondary N) is 1. The predicted octanol–water partition coefficient (Wildman–Crippen LogP) is 1.73. The minimum absolute atomic E-state index is 0.674. The maximum atomic E-state index is 5.09. The first-order chi connectivity index (χ1) is 8.83. The van der Waals surface area contributed by atoms with Gasteiger partial charge in [0.05, 0.1) is 6.54 Å². The molecule has 0 saturated heterocycles. The number of hydrogen-bond acceptors (Lipinski definition) is 4. The van der Waals surface area contributed by atoms with Crippen LogP contribution >= 0.6 is 0 Å². The second kappa shape index (κ2) is 4.94. The van der Waals surface area contributed by atoms with Crippen molar-refractivity contribution in [2.24, 2.45) is 0 Å². The molecule has 1 N–H and O–H groups in total. The second-order valence-corrected chi connectivity index (χ2v) is 4.81. The van der Waals surface area contributed by atoms with Crippen molar-refractivity contribution in [2.45, 2.75) is 45.3 Å². The van der Waals surface area contributed by atoms with Crippen molar-refractivity contribution in [1.82, 2.24) is 20.0 Å². The van der Waals surface area contributed by atoms with Gasteiger partial charge in [0, 0.05) is 31.4 Å². The molecule has 2 heterocycles. The van der Waals surface area contributed by atoms with E-state index in [0.717, 1.165) is 24.8 Å². The van der Waals surface area contributed by atoms with Crippen molar-refractivity contribution >= 4 is 0 Å². The maximum absolute atomic E-state index is 5.09. The average Bonchev–Trinajstić information content (AvgIpc) is 2.93. The molecule has 0 atom stereocenters. The first kappa shape index (κ1) is 11.5. The van der Waals surface area contributed by atoms with Gasteiger partial charge in [-0.25, -0.2) is 0 Å². The second-order valence-electron chi connectivity index (χ2n) is 4.81. The third kappa shape index (κ3) is 2.79. The fourth-order valence-corrected chi connectivity index (χ4v) is 1.90. The molecule has 0 aliphatic heterocycles. The molecular formula is C13H18N4O. The summed E-state index contributed by atoms with van der Waals surface area (Å²) < 4.78 is 7.18. The molecule has 5 heteroatoms. The van der Waals surface area contributed by atoms with Gasteiger partial charge in [0.1, 0.15) is 0 Å². The summed E-state index contributed by atoms with van der Waals surface area (Å²) in [7, 11) is 0.